The number of ether oxygens (including phenoxy) is 1. The molecule has 0 aliphatic carbocycles. The summed E-state index contributed by atoms with van der Waals surface area (Å²) in [4.78, 5) is 17.2. The highest BCUT2D eigenvalue weighted by Crippen LogP contribution is 2.32. The molecule has 0 saturated heterocycles. The van der Waals surface area contributed by atoms with Crippen molar-refractivity contribution in [2.24, 2.45) is 0 Å². The third kappa shape index (κ3) is 3.33. The molecule has 100 valence electrons. The molecule has 19 heavy (non-hydrogen) atoms. The van der Waals surface area contributed by atoms with Crippen LogP contribution in [0.4, 0.5) is 0 Å². The third-order valence-corrected chi connectivity index (χ3v) is 3.99. The molecule has 0 aliphatic rings. The number of ketones is 1. The molecule has 0 radical (unpaired) electrons. The second-order valence-corrected chi connectivity index (χ2v) is 5.57. The second kappa shape index (κ2) is 6.17. The number of Topliss-reactive ketones (excluding diaryl/α,β-unsaturated/α-hetero) is 1. The Morgan fingerprint density at radius 1 is 1.47 bits per heavy atom. The Kier molecular flexibility index (Phi) is 4.56. The molecular weight excluding hydrogens is 282 g/mol. The largest absolute Gasteiger partial charge is 0.477 e. The van der Waals surface area contributed by atoms with Crippen molar-refractivity contribution in [3.63, 3.8) is 0 Å². The van der Waals surface area contributed by atoms with Gasteiger partial charge in [0.1, 0.15) is 5.02 Å². The highest BCUT2D eigenvalue weighted by molar-refractivity contribution is 7.17. The Bertz CT molecular complexity index is 595. The lowest BCUT2D eigenvalue weighted by Gasteiger charge is -2.06. The summed E-state index contributed by atoms with van der Waals surface area (Å²) in [5, 5.41) is 0.490. The zero-order valence-corrected chi connectivity index (χ0v) is 12.3. The molecule has 0 fully saturated rings. The third-order valence-electron chi connectivity index (χ3n) is 2.49. The van der Waals surface area contributed by atoms with Gasteiger partial charge in [-0.05, 0) is 31.5 Å². The molecule has 0 aliphatic heterocycles. The first-order chi connectivity index (χ1) is 9.11. The van der Waals surface area contributed by atoms with Gasteiger partial charge in [-0.1, -0.05) is 18.5 Å². The lowest BCUT2D eigenvalue weighted by molar-refractivity contribution is 0.102. The molecule has 2 aromatic rings. The van der Waals surface area contributed by atoms with Crippen LogP contribution in [0.25, 0.3) is 10.4 Å². The van der Waals surface area contributed by atoms with Crippen molar-refractivity contribution in [2.75, 3.05) is 6.61 Å². The van der Waals surface area contributed by atoms with E-state index in [0.717, 1.165) is 21.7 Å². The van der Waals surface area contributed by atoms with Crippen LogP contribution in [0, 0.1) is 0 Å². The fraction of sp³-hybridized carbons (Fsp3) is 0.286. The van der Waals surface area contributed by atoms with E-state index >= 15 is 0 Å². The van der Waals surface area contributed by atoms with E-state index in [1.165, 1.54) is 11.3 Å². The van der Waals surface area contributed by atoms with Crippen molar-refractivity contribution in [1.82, 2.24) is 4.98 Å². The summed E-state index contributed by atoms with van der Waals surface area (Å²) in [5.41, 5.74) is 0.895. The average Bonchev–Trinajstić information content (AvgIpc) is 2.87. The van der Waals surface area contributed by atoms with E-state index in [-0.39, 0.29) is 5.78 Å². The zero-order chi connectivity index (χ0) is 13.8. The number of halogens is 1. The first kappa shape index (κ1) is 14.0. The van der Waals surface area contributed by atoms with Gasteiger partial charge in [0.15, 0.2) is 5.78 Å². The first-order valence-electron chi connectivity index (χ1n) is 6.01. The van der Waals surface area contributed by atoms with Gasteiger partial charge < -0.3 is 4.74 Å². The molecule has 0 aromatic carbocycles. The molecule has 2 aromatic heterocycles. The summed E-state index contributed by atoms with van der Waals surface area (Å²) in [7, 11) is 0. The van der Waals surface area contributed by atoms with Gasteiger partial charge in [0.25, 0.3) is 0 Å². The Morgan fingerprint density at radius 3 is 2.84 bits per heavy atom. The summed E-state index contributed by atoms with van der Waals surface area (Å²) in [6, 6.07) is 5.54. The van der Waals surface area contributed by atoms with E-state index in [1.54, 1.807) is 13.1 Å². The van der Waals surface area contributed by atoms with Crippen LogP contribution in [-0.2, 0) is 0 Å². The molecule has 5 heteroatoms. The second-order valence-electron chi connectivity index (χ2n) is 4.08. The number of hydrogen-bond donors (Lipinski definition) is 0. The highest BCUT2D eigenvalue weighted by Gasteiger charge is 2.10. The fourth-order valence-electron chi connectivity index (χ4n) is 1.55. The van der Waals surface area contributed by atoms with E-state index in [1.807, 2.05) is 25.1 Å². The van der Waals surface area contributed by atoms with Crippen molar-refractivity contribution in [3.8, 4) is 16.3 Å². The van der Waals surface area contributed by atoms with E-state index in [0.29, 0.717) is 17.5 Å². The predicted molar refractivity (Wildman–Crippen MR) is 78.4 cm³/mol. The minimum atomic E-state index is 0.0678. The number of aromatic nitrogens is 1. The van der Waals surface area contributed by atoms with Gasteiger partial charge in [-0.3, -0.25) is 4.79 Å². The Hall–Kier alpha value is -1.39. The molecule has 0 unspecified atom stereocenters. The van der Waals surface area contributed by atoms with Gasteiger partial charge in [-0.2, -0.15) is 0 Å². The van der Waals surface area contributed by atoms with E-state index < -0.39 is 0 Å². The summed E-state index contributed by atoms with van der Waals surface area (Å²) in [5.74, 6) is 0.522. The van der Waals surface area contributed by atoms with E-state index in [9.17, 15) is 4.79 Å². The van der Waals surface area contributed by atoms with Gasteiger partial charge in [-0.15, -0.1) is 11.3 Å². The minimum Gasteiger partial charge on any atom is -0.477 e. The maximum Gasteiger partial charge on any atom is 0.232 e. The minimum absolute atomic E-state index is 0.0678. The molecule has 2 rings (SSSR count). The van der Waals surface area contributed by atoms with Crippen LogP contribution in [0.5, 0.6) is 5.88 Å². The first-order valence-corrected chi connectivity index (χ1v) is 7.20. The van der Waals surface area contributed by atoms with Crippen LogP contribution in [-0.4, -0.2) is 17.4 Å². The van der Waals surface area contributed by atoms with Crippen LogP contribution in [0.2, 0.25) is 5.02 Å². The zero-order valence-electron chi connectivity index (χ0n) is 10.8. The van der Waals surface area contributed by atoms with Gasteiger partial charge in [0, 0.05) is 16.6 Å². The van der Waals surface area contributed by atoms with Crippen LogP contribution in [0.15, 0.2) is 24.4 Å². The fourth-order valence-corrected chi connectivity index (χ4v) is 2.65. The van der Waals surface area contributed by atoms with Gasteiger partial charge in [-0.25, -0.2) is 4.98 Å². The predicted octanol–water partition coefficient (Wildman–Crippen LogP) is 4.45. The summed E-state index contributed by atoms with van der Waals surface area (Å²) < 4.78 is 5.43. The van der Waals surface area contributed by atoms with Crippen molar-refractivity contribution in [3.05, 3.63) is 34.3 Å². The standard InChI is InChI=1S/C14H14ClNO2S/c1-3-6-18-14-11(15)7-10(8-16-14)13-5-4-12(19-13)9(2)17/h4-5,7-8H,3,6H2,1-2H3. The van der Waals surface area contributed by atoms with Crippen molar-refractivity contribution >= 4 is 28.7 Å². The molecule has 3 nitrogen and oxygen atoms in total. The van der Waals surface area contributed by atoms with Gasteiger partial charge in [0.2, 0.25) is 5.88 Å². The summed E-state index contributed by atoms with van der Waals surface area (Å²) in [6.45, 7) is 4.18. The molecule has 2 heterocycles. The highest BCUT2D eigenvalue weighted by atomic mass is 35.5. The lowest BCUT2D eigenvalue weighted by Crippen LogP contribution is -1.97. The van der Waals surface area contributed by atoms with Crippen molar-refractivity contribution in [1.29, 1.82) is 0 Å². The van der Waals surface area contributed by atoms with Crippen molar-refractivity contribution < 1.29 is 9.53 Å². The summed E-state index contributed by atoms with van der Waals surface area (Å²) in [6.07, 6.45) is 2.62. The Balaban J connectivity index is 2.25. The van der Waals surface area contributed by atoms with Crippen LogP contribution in [0.3, 0.4) is 0 Å². The monoisotopic (exact) mass is 295 g/mol. The normalized spacial score (nSPS) is 10.5. The number of thiophene rings is 1. The van der Waals surface area contributed by atoms with E-state index in [4.69, 9.17) is 16.3 Å². The van der Waals surface area contributed by atoms with E-state index in [2.05, 4.69) is 4.98 Å². The maximum atomic E-state index is 11.3. The average molecular weight is 296 g/mol. The maximum absolute atomic E-state index is 11.3. The molecule has 0 N–H and O–H groups in total. The number of rotatable bonds is 5. The van der Waals surface area contributed by atoms with Crippen LogP contribution < -0.4 is 4.74 Å². The number of pyridine rings is 1. The molecule has 0 bridgehead atoms. The van der Waals surface area contributed by atoms with Crippen LogP contribution in [0.1, 0.15) is 29.9 Å². The summed E-state index contributed by atoms with van der Waals surface area (Å²) >= 11 is 7.57. The lowest BCUT2D eigenvalue weighted by atomic mass is 10.2. The quantitative estimate of drug-likeness (QED) is 0.765. The topological polar surface area (TPSA) is 39.2 Å². The van der Waals surface area contributed by atoms with Gasteiger partial charge >= 0.3 is 0 Å². The SMILES string of the molecule is CCCOc1ncc(-c2ccc(C(C)=O)s2)cc1Cl. The molecule has 0 spiro atoms. The molecule has 0 atom stereocenters. The van der Waals surface area contributed by atoms with Crippen molar-refractivity contribution in [2.45, 2.75) is 20.3 Å². The Morgan fingerprint density at radius 2 is 2.26 bits per heavy atom. The van der Waals surface area contributed by atoms with Gasteiger partial charge in [0.05, 0.1) is 11.5 Å². The van der Waals surface area contributed by atoms with Crippen LogP contribution >= 0.6 is 22.9 Å². The molecule has 0 amide bonds. The Labute approximate surface area is 121 Å². The molecular formula is C14H14ClNO2S. The smallest absolute Gasteiger partial charge is 0.232 e. The number of nitrogens with zero attached hydrogens (tertiary/aromatic N) is 1. The number of carbonyl (C=O) groups excluding carboxylic acids is 1. The number of carbonyl (C=O) groups is 1. The molecule has 0 saturated carbocycles. The number of hydrogen-bond acceptors (Lipinski definition) is 4.